The molecule has 0 aliphatic carbocycles. The maximum absolute atomic E-state index is 16.8. The number of piperazine rings is 1. The molecule has 0 spiro atoms. The molecule has 2 N–H and O–H groups in total. The van der Waals surface area contributed by atoms with E-state index in [1.807, 2.05) is 11.0 Å². The first kappa shape index (κ1) is 29.4. The maximum atomic E-state index is 16.8. The SMILES string of the molecule is C#Cc1c(F)ccc2cc(O)cc(-c3c(F)cc4c(N5C[C@H]6CC[C@@H](C5)N6)nc(OCC5(C)CCCN5CC=C)nc4c3F)c12. The Hall–Kier alpha value is -4.33. The number of hydrogen-bond acceptors (Lipinski definition) is 7. The third kappa shape index (κ3) is 5.04. The fraction of sp³-hybridized carbons (Fsp3) is 0.371. The lowest BCUT2D eigenvalue weighted by Crippen LogP contribution is -2.51. The summed E-state index contributed by atoms with van der Waals surface area (Å²) < 4.78 is 54.1. The van der Waals surface area contributed by atoms with Gasteiger partial charge in [0.1, 0.15) is 35.3 Å². The van der Waals surface area contributed by atoms with Gasteiger partial charge >= 0.3 is 6.01 Å². The van der Waals surface area contributed by atoms with E-state index in [9.17, 15) is 9.50 Å². The van der Waals surface area contributed by atoms with Crippen molar-refractivity contribution < 1.29 is 23.0 Å². The number of phenolic OH excluding ortho intramolecular Hbond substituents is 1. The molecule has 7 rings (SSSR count). The predicted molar refractivity (Wildman–Crippen MR) is 169 cm³/mol. The van der Waals surface area contributed by atoms with E-state index < -0.39 is 23.0 Å². The molecule has 4 aromatic rings. The third-order valence-electron chi connectivity index (χ3n) is 9.59. The number of aromatic nitrogens is 2. The van der Waals surface area contributed by atoms with Crippen molar-refractivity contribution in [1.29, 1.82) is 0 Å². The van der Waals surface area contributed by atoms with Gasteiger partial charge < -0.3 is 20.1 Å². The topological polar surface area (TPSA) is 73.8 Å². The van der Waals surface area contributed by atoms with Gasteiger partial charge in [-0.05, 0) is 68.8 Å². The molecular weight excluding hydrogens is 579 g/mol. The van der Waals surface area contributed by atoms with Crippen LogP contribution in [0.25, 0.3) is 32.8 Å². The summed E-state index contributed by atoms with van der Waals surface area (Å²) >= 11 is 0. The number of phenols is 1. The number of anilines is 1. The highest BCUT2D eigenvalue weighted by Gasteiger charge is 2.38. The quantitative estimate of drug-likeness (QED) is 0.198. The Bertz CT molecular complexity index is 1880. The van der Waals surface area contributed by atoms with Crippen LogP contribution in [0.2, 0.25) is 0 Å². The molecule has 232 valence electrons. The number of halogens is 3. The molecule has 1 aromatic heterocycles. The zero-order valence-electron chi connectivity index (χ0n) is 25.0. The smallest absolute Gasteiger partial charge is 0.319 e. The first-order valence-corrected chi connectivity index (χ1v) is 15.3. The van der Waals surface area contributed by atoms with Crippen LogP contribution in [0.1, 0.15) is 38.2 Å². The van der Waals surface area contributed by atoms with E-state index in [2.05, 4.69) is 34.6 Å². The molecule has 4 heterocycles. The normalized spacial score (nSPS) is 23.1. The van der Waals surface area contributed by atoms with Gasteiger partial charge in [-0.1, -0.05) is 18.1 Å². The summed E-state index contributed by atoms with van der Waals surface area (Å²) in [5, 5.41) is 14.8. The molecule has 3 saturated heterocycles. The molecule has 7 nitrogen and oxygen atoms in total. The van der Waals surface area contributed by atoms with Crippen LogP contribution in [-0.4, -0.2) is 70.4 Å². The van der Waals surface area contributed by atoms with Crippen molar-refractivity contribution >= 4 is 27.5 Å². The Morgan fingerprint density at radius 3 is 2.67 bits per heavy atom. The van der Waals surface area contributed by atoms with Gasteiger partial charge in [0.25, 0.3) is 0 Å². The molecule has 1 unspecified atom stereocenters. The molecule has 45 heavy (non-hydrogen) atoms. The second-order valence-corrected chi connectivity index (χ2v) is 12.6. The summed E-state index contributed by atoms with van der Waals surface area (Å²) in [6.07, 6.45) is 11.4. The monoisotopic (exact) mass is 613 g/mol. The van der Waals surface area contributed by atoms with Crippen LogP contribution in [0, 0.1) is 29.8 Å². The Morgan fingerprint density at radius 1 is 1.16 bits per heavy atom. The molecule has 0 saturated carbocycles. The van der Waals surface area contributed by atoms with E-state index in [1.54, 1.807) is 0 Å². The van der Waals surface area contributed by atoms with Crippen LogP contribution in [0.5, 0.6) is 11.8 Å². The predicted octanol–water partition coefficient (Wildman–Crippen LogP) is 5.91. The average Bonchev–Trinajstić information content (AvgIpc) is 3.56. The molecule has 3 fully saturated rings. The minimum absolute atomic E-state index is 0.0114. The van der Waals surface area contributed by atoms with Gasteiger partial charge in [0, 0.05) is 48.1 Å². The number of hydrogen-bond donors (Lipinski definition) is 2. The highest BCUT2D eigenvalue weighted by atomic mass is 19.1. The van der Waals surface area contributed by atoms with E-state index >= 15 is 8.78 Å². The van der Waals surface area contributed by atoms with E-state index in [4.69, 9.17) is 16.1 Å². The van der Waals surface area contributed by atoms with Crippen LogP contribution in [0.15, 0.2) is 43.0 Å². The molecule has 3 atom stereocenters. The van der Waals surface area contributed by atoms with Crippen molar-refractivity contribution in [3.8, 4) is 35.2 Å². The lowest BCUT2D eigenvalue weighted by atomic mass is 9.92. The Morgan fingerprint density at radius 2 is 1.93 bits per heavy atom. The van der Waals surface area contributed by atoms with Crippen molar-refractivity contribution in [2.24, 2.45) is 0 Å². The summed E-state index contributed by atoms with van der Waals surface area (Å²) in [4.78, 5) is 13.6. The van der Waals surface area contributed by atoms with Gasteiger partial charge in [-0.15, -0.1) is 13.0 Å². The molecule has 10 heteroatoms. The molecular formula is C35H34F3N5O2. The fourth-order valence-electron chi connectivity index (χ4n) is 7.38. The Kier molecular flexibility index (Phi) is 7.34. The standard InChI is InChI=1S/C35H34F3N5O2/c1-4-12-43-13-6-11-35(43,3)19-45-34-40-32-26(33(41-34)42-17-21-8-9-22(18-42)39-21)16-28(37)30(31(32)38)25-15-23(44)14-20-7-10-27(36)24(5-2)29(20)25/h2,4,7,10,14-16,21-22,39,44H,1,6,8-9,11-13,17-19H2,3H3/t21-,22+,35?. The first-order chi connectivity index (χ1) is 21.7. The van der Waals surface area contributed by atoms with Gasteiger partial charge in [-0.3, -0.25) is 4.90 Å². The van der Waals surface area contributed by atoms with Gasteiger partial charge in [-0.2, -0.15) is 9.97 Å². The van der Waals surface area contributed by atoms with Gasteiger partial charge in [0.15, 0.2) is 5.82 Å². The summed E-state index contributed by atoms with van der Waals surface area (Å²) in [5.74, 6) is -0.135. The van der Waals surface area contributed by atoms with E-state index in [1.165, 1.54) is 30.3 Å². The Labute approximate surface area is 259 Å². The molecule has 3 aliphatic heterocycles. The number of benzene rings is 3. The second-order valence-electron chi connectivity index (χ2n) is 12.6. The van der Waals surface area contributed by atoms with Crippen LogP contribution in [-0.2, 0) is 0 Å². The van der Waals surface area contributed by atoms with Gasteiger partial charge in [0.05, 0.1) is 16.7 Å². The lowest BCUT2D eigenvalue weighted by Gasteiger charge is -2.35. The van der Waals surface area contributed by atoms with Crippen LogP contribution >= 0.6 is 0 Å². The number of likely N-dealkylation sites (tertiary alicyclic amines) is 1. The van der Waals surface area contributed by atoms with E-state index in [0.29, 0.717) is 30.8 Å². The highest BCUT2D eigenvalue weighted by Crippen LogP contribution is 2.42. The average molecular weight is 614 g/mol. The third-order valence-corrected chi connectivity index (χ3v) is 9.59. The number of nitrogens with zero attached hydrogens (tertiary/aromatic N) is 4. The lowest BCUT2D eigenvalue weighted by molar-refractivity contribution is 0.0960. The zero-order chi connectivity index (χ0) is 31.5. The van der Waals surface area contributed by atoms with Crippen molar-refractivity contribution in [3.05, 3.63) is 66.0 Å². The van der Waals surface area contributed by atoms with Crippen LogP contribution < -0.4 is 15.0 Å². The Balaban J connectivity index is 1.41. The molecule has 2 bridgehead atoms. The van der Waals surface area contributed by atoms with Gasteiger partial charge in [0.2, 0.25) is 0 Å². The second kappa shape index (κ2) is 11.2. The van der Waals surface area contributed by atoms with Crippen molar-refractivity contribution in [2.45, 2.75) is 50.2 Å². The molecule has 3 aliphatic rings. The summed E-state index contributed by atoms with van der Waals surface area (Å²) in [6, 6.07) is 6.83. The maximum Gasteiger partial charge on any atom is 0.319 e. The van der Waals surface area contributed by atoms with Crippen molar-refractivity contribution in [2.75, 3.05) is 37.7 Å². The number of ether oxygens (including phenoxy) is 1. The summed E-state index contributed by atoms with van der Waals surface area (Å²) in [6.45, 7) is 9.14. The summed E-state index contributed by atoms with van der Waals surface area (Å²) in [7, 11) is 0. The molecule has 3 aromatic carbocycles. The van der Waals surface area contributed by atoms with E-state index in [-0.39, 0.29) is 63.4 Å². The van der Waals surface area contributed by atoms with E-state index in [0.717, 1.165) is 32.2 Å². The number of aromatic hydroxyl groups is 1. The van der Waals surface area contributed by atoms with Crippen molar-refractivity contribution in [3.63, 3.8) is 0 Å². The molecule has 0 amide bonds. The van der Waals surface area contributed by atoms with Gasteiger partial charge in [-0.25, -0.2) is 13.2 Å². The van der Waals surface area contributed by atoms with Crippen LogP contribution in [0.3, 0.4) is 0 Å². The number of terminal acetylenes is 1. The first-order valence-electron chi connectivity index (χ1n) is 15.3. The van der Waals surface area contributed by atoms with Crippen LogP contribution in [0.4, 0.5) is 19.0 Å². The minimum Gasteiger partial charge on any atom is -0.508 e. The fourth-order valence-corrected chi connectivity index (χ4v) is 7.38. The number of nitrogens with one attached hydrogen (secondary N) is 1. The number of fused-ring (bicyclic) bond motifs is 4. The summed E-state index contributed by atoms with van der Waals surface area (Å²) in [5.41, 5.74) is -1.12. The largest absolute Gasteiger partial charge is 0.508 e. The number of rotatable bonds is 7. The molecule has 0 radical (unpaired) electrons. The zero-order valence-corrected chi connectivity index (χ0v) is 25.0. The highest BCUT2D eigenvalue weighted by molar-refractivity contribution is 6.04. The van der Waals surface area contributed by atoms with Crippen molar-refractivity contribution in [1.82, 2.24) is 20.2 Å². The minimum atomic E-state index is -0.976.